The van der Waals surface area contributed by atoms with Crippen molar-refractivity contribution in [2.24, 2.45) is 0 Å². The van der Waals surface area contributed by atoms with E-state index in [1.807, 2.05) is 12.2 Å². The lowest BCUT2D eigenvalue weighted by Gasteiger charge is -2.15. The highest BCUT2D eigenvalue weighted by molar-refractivity contribution is 8.39. The van der Waals surface area contributed by atoms with Gasteiger partial charge in [-0.25, -0.2) is 38.7 Å². The maximum absolute atomic E-state index is 15.3. The van der Waals surface area contributed by atoms with E-state index in [0.717, 1.165) is 0 Å². The molecule has 6 rings (SSSR count). The van der Waals surface area contributed by atoms with Crippen LogP contribution >= 0.6 is 39.0 Å². The van der Waals surface area contributed by atoms with Gasteiger partial charge in [0.2, 0.25) is 0 Å². The lowest BCUT2D eigenvalue weighted by atomic mass is 10.1. The van der Waals surface area contributed by atoms with Gasteiger partial charge in [0.25, 0.3) is 0 Å². The molecule has 0 aliphatic carbocycles. The lowest BCUT2D eigenvalue weighted by Crippen LogP contribution is -2.31. The van der Waals surface area contributed by atoms with E-state index in [1.165, 1.54) is 34.4 Å². The maximum atomic E-state index is 15.3. The Labute approximate surface area is 283 Å². The maximum Gasteiger partial charge on any atom is 0.582 e. The van der Waals surface area contributed by atoms with Crippen LogP contribution in [0.1, 0.15) is 36.7 Å². The van der Waals surface area contributed by atoms with Crippen molar-refractivity contribution in [2.75, 3.05) is 13.2 Å². The highest BCUT2D eigenvalue weighted by Crippen LogP contribution is 2.42. The van der Waals surface area contributed by atoms with E-state index in [9.17, 15) is 19.3 Å². The van der Waals surface area contributed by atoms with Crippen LogP contribution < -0.4 is 0 Å². The van der Waals surface area contributed by atoms with E-state index in [1.54, 1.807) is 0 Å². The van der Waals surface area contributed by atoms with E-state index in [-0.39, 0.29) is 0 Å². The Morgan fingerprint density at radius 3 is 1.54 bits per heavy atom. The zero-order valence-electron chi connectivity index (χ0n) is 24.8. The average molecular weight is 747 g/mol. The Hall–Kier alpha value is -2.64. The van der Waals surface area contributed by atoms with E-state index in [4.69, 9.17) is 18.5 Å². The van der Waals surface area contributed by atoms with Crippen LogP contribution in [0.2, 0.25) is 0 Å². The van der Waals surface area contributed by atoms with Crippen molar-refractivity contribution in [1.82, 2.24) is 39.0 Å². The summed E-state index contributed by atoms with van der Waals surface area (Å²) in [6.45, 7) is -1.08. The topological polar surface area (TPSA) is 199 Å². The first kappa shape index (κ1) is 35.2. The summed E-state index contributed by atoms with van der Waals surface area (Å²) in [5, 5.41) is 19.2. The summed E-state index contributed by atoms with van der Waals surface area (Å²) in [4.78, 5) is 26.0. The van der Waals surface area contributed by atoms with Gasteiger partial charge in [0, 0.05) is 0 Å². The first-order valence-corrected chi connectivity index (χ1v) is 19.3. The van der Waals surface area contributed by atoms with Crippen molar-refractivity contribution >= 4 is 61.3 Å². The van der Waals surface area contributed by atoms with E-state index < -0.39 is 76.9 Å². The number of aliphatic hydroxyl groups is 2. The summed E-state index contributed by atoms with van der Waals surface area (Å²) in [5.41, 5.74) is 2.89. The summed E-state index contributed by atoms with van der Waals surface area (Å²) in [6, 6.07) is 0. The van der Waals surface area contributed by atoms with Gasteiger partial charge < -0.3 is 19.7 Å². The van der Waals surface area contributed by atoms with Crippen molar-refractivity contribution < 1.29 is 46.6 Å². The molecule has 256 valence electrons. The predicted molar refractivity (Wildman–Crippen MR) is 171 cm³/mol. The smallest absolute Gasteiger partial charge is 0.394 e. The van der Waals surface area contributed by atoms with Gasteiger partial charge in [-0.15, -0.1) is 9.05 Å². The SMILES string of the molecule is O=[P+](S)O[C@@H]1[C@@H](CO)OC(n2cnc3c(CC/C=C/CCc4ncnc5c4ncn5C4OC(CO)[C@@H](O[P+](=O)S)[C@H]4F)ncnc32)[C@@H]1F. The van der Waals surface area contributed by atoms with Crippen molar-refractivity contribution in [3.05, 3.63) is 48.8 Å². The molecule has 2 aliphatic rings. The summed E-state index contributed by atoms with van der Waals surface area (Å²) in [7, 11) is -4.84. The summed E-state index contributed by atoms with van der Waals surface area (Å²) in [5.74, 6) is 0. The molecule has 2 fully saturated rings. The number of aliphatic hydroxyl groups excluding tert-OH is 2. The number of halogens is 2. The van der Waals surface area contributed by atoms with Crippen LogP contribution in [0.3, 0.4) is 0 Å². The second kappa shape index (κ2) is 15.5. The molecule has 16 nitrogen and oxygen atoms in total. The summed E-state index contributed by atoms with van der Waals surface area (Å²) >= 11 is 7.37. The van der Waals surface area contributed by atoms with Crippen LogP contribution in [-0.2, 0) is 40.5 Å². The molecule has 0 spiro atoms. The molecule has 0 aromatic carbocycles. The minimum absolute atomic E-state index is 0.339. The van der Waals surface area contributed by atoms with E-state index >= 15 is 8.78 Å². The molecule has 0 radical (unpaired) electrons. The molecule has 0 amide bonds. The minimum Gasteiger partial charge on any atom is -0.394 e. The number of aryl methyl sites for hydroxylation is 2. The quantitative estimate of drug-likeness (QED) is 0.0831. The van der Waals surface area contributed by atoms with Gasteiger partial charge in [0.1, 0.15) is 60.4 Å². The van der Waals surface area contributed by atoms with Crippen molar-refractivity contribution in [1.29, 1.82) is 0 Å². The van der Waals surface area contributed by atoms with Gasteiger partial charge >= 0.3 is 14.5 Å². The number of aromatic nitrogens is 8. The number of fused-ring (bicyclic) bond motifs is 2. The molecule has 4 aromatic heterocycles. The first-order chi connectivity index (χ1) is 23.2. The van der Waals surface area contributed by atoms with E-state index in [2.05, 4.69) is 54.4 Å². The molecule has 10 atom stereocenters. The van der Waals surface area contributed by atoms with Crippen LogP contribution in [0.5, 0.6) is 0 Å². The van der Waals surface area contributed by atoms with Crippen molar-refractivity contribution in [2.45, 2.75) is 74.9 Å². The van der Waals surface area contributed by atoms with Crippen LogP contribution in [0.4, 0.5) is 8.78 Å². The standard InChI is InChI=1S/C26H28F2N8O8P2S2/c27-17-21(43-45(39)47)15(7-37)41-25(17)35-11-33-19-13(29-9-31-23(19)35)5-3-1-2-4-6-14-20-24(32-10-30-14)36(12-34-20)26-18(28)22(44-46(40)48)16(8-38)42-26/h1-2,9-12,15-18,21-22,25-26,37-38H,3-8H2/p+2/b2-1+/t15-,16?,17-,18-,21-,22-,25?,26?/m1/s1. The Balaban J connectivity index is 1.07. The molecule has 5 unspecified atom stereocenters. The van der Waals surface area contributed by atoms with Crippen molar-refractivity contribution in [3.63, 3.8) is 0 Å². The predicted octanol–water partition coefficient (Wildman–Crippen LogP) is 3.49. The molecule has 2 aliphatic heterocycles. The highest BCUT2D eigenvalue weighted by atomic mass is 32.7. The number of imidazole rings is 2. The fourth-order valence-corrected chi connectivity index (χ4v) is 7.38. The third kappa shape index (κ3) is 7.14. The number of nitrogens with zero attached hydrogens (tertiary/aromatic N) is 8. The van der Waals surface area contributed by atoms with Gasteiger partial charge in [-0.05, 0) is 34.8 Å². The number of hydrogen-bond donors (Lipinski definition) is 4. The van der Waals surface area contributed by atoms with Gasteiger partial charge in [-0.2, -0.15) is 0 Å². The number of allylic oxidation sites excluding steroid dienone is 2. The first-order valence-electron chi connectivity index (χ1n) is 14.7. The fraction of sp³-hybridized carbons (Fsp3) is 0.538. The third-order valence-corrected chi connectivity index (χ3v) is 9.41. The molecular weight excluding hydrogens is 716 g/mol. The Morgan fingerprint density at radius 2 is 1.17 bits per heavy atom. The highest BCUT2D eigenvalue weighted by Gasteiger charge is 2.52. The molecule has 0 saturated carbocycles. The van der Waals surface area contributed by atoms with Gasteiger partial charge in [0.05, 0.1) is 37.3 Å². The second-order valence-electron chi connectivity index (χ2n) is 10.8. The largest absolute Gasteiger partial charge is 0.582 e. The lowest BCUT2D eigenvalue weighted by molar-refractivity contribution is -0.0427. The molecule has 22 heteroatoms. The summed E-state index contributed by atoms with van der Waals surface area (Å²) in [6.07, 6.45) is 1.10. The number of thiol groups is 2. The number of alkyl halides is 2. The van der Waals surface area contributed by atoms with Crippen molar-refractivity contribution in [3.8, 4) is 0 Å². The molecule has 4 aromatic rings. The molecular formula is C26H30F2N8O8P2S2+2. The Kier molecular flexibility index (Phi) is 11.4. The van der Waals surface area contributed by atoms with E-state index in [0.29, 0.717) is 59.4 Å². The zero-order chi connectivity index (χ0) is 33.9. The Morgan fingerprint density at radius 1 is 0.750 bits per heavy atom. The summed E-state index contributed by atoms with van der Waals surface area (Å²) < 4.78 is 77.6. The van der Waals surface area contributed by atoms with Gasteiger partial charge in [-0.3, -0.25) is 9.13 Å². The number of hydrogen-bond acceptors (Lipinski definition) is 14. The molecule has 48 heavy (non-hydrogen) atoms. The van der Waals surface area contributed by atoms with Crippen LogP contribution in [0.15, 0.2) is 37.5 Å². The average Bonchev–Trinajstić information content (AvgIpc) is 3.83. The third-order valence-electron chi connectivity index (χ3n) is 8.00. The molecule has 0 bridgehead atoms. The van der Waals surface area contributed by atoms with Crippen LogP contribution in [0.25, 0.3) is 22.3 Å². The van der Waals surface area contributed by atoms with Gasteiger partial charge in [-0.1, -0.05) is 12.2 Å². The van der Waals surface area contributed by atoms with Gasteiger partial charge in [0.15, 0.2) is 48.3 Å². The second-order valence-corrected chi connectivity index (χ2v) is 14.2. The molecule has 2 N–H and O–H groups in total. The zero-order valence-corrected chi connectivity index (χ0v) is 28.4. The van der Waals surface area contributed by atoms with Crippen LogP contribution in [-0.4, -0.2) is 99.2 Å². The normalized spacial score (nSPS) is 28.3. The van der Waals surface area contributed by atoms with Crippen LogP contribution in [0, 0.1) is 0 Å². The molecule has 6 heterocycles. The minimum atomic E-state index is -2.42. The monoisotopic (exact) mass is 746 g/mol. The Bertz CT molecular complexity index is 1700. The number of ether oxygens (including phenoxy) is 2. The fourth-order valence-electron chi connectivity index (χ4n) is 5.80. The molecule has 2 saturated heterocycles. The number of rotatable bonds is 14.